The number of allylic oxidation sites excluding steroid dienone is 2. The molecule has 0 aromatic carbocycles. The molecule has 0 saturated heterocycles. The van der Waals surface area contributed by atoms with Crippen LogP contribution in [0.25, 0.3) is 0 Å². The number of ether oxygens (including phenoxy) is 1. The third-order valence-electron chi connectivity index (χ3n) is 13.3. The van der Waals surface area contributed by atoms with Gasteiger partial charge in [-0.05, 0) is 51.4 Å². The molecule has 0 bridgehead atoms. The number of unbranched alkanes of at least 4 members (excludes halogenated alkanes) is 40. The number of esters is 1. The van der Waals surface area contributed by atoms with Crippen LogP contribution in [0, 0.1) is 0 Å². The van der Waals surface area contributed by atoms with Crippen LogP contribution in [-0.4, -0.2) is 47.4 Å². The smallest absolute Gasteiger partial charge is 0.305 e. The normalized spacial score (nSPS) is 12.6. The minimum Gasteiger partial charge on any atom is -0.466 e. The van der Waals surface area contributed by atoms with Crippen LogP contribution < -0.4 is 5.32 Å². The molecule has 1 amide bonds. The molecule has 6 heteroatoms. The second-order valence-corrected chi connectivity index (χ2v) is 19.6. The Morgan fingerprint density at radius 3 is 1.13 bits per heavy atom. The van der Waals surface area contributed by atoms with Crippen molar-refractivity contribution >= 4 is 11.9 Å². The summed E-state index contributed by atoms with van der Waals surface area (Å²) in [6.45, 7) is 4.89. The summed E-state index contributed by atoms with van der Waals surface area (Å²) >= 11 is 0. The molecule has 0 radical (unpaired) electrons. The lowest BCUT2D eigenvalue weighted by Gasteiger charge is -2.22. The molecule has 0 aromatic rings. The Morgan fingerprint density at radius 2 is 0.746 bits per heavy atom. The summed E-state index contributed by atoms with van der Waals surface area (Å²) in [6.07, 6.45) is 62.0. The maximum Gasteiger partial charge on any atom is 0.305 e. The number of aliphatic hydroxyl groups is 2. The molecule has 374 valence electrons. The predicted octanol–water partition coefficient (Wildman–Crippen LogP) is 17.3. The first-order valence-corrected chi connectivity index (χ1v) is 28.4. The highest BCUT2D eigenvalue weighted by Crippen LogP contribution is 2.17. The average molecular weight is 891 g/mol. The van der Waals surface area contributed by atoms with E-state index in [0.717, 1.165) is 77.0 Å². The van der Waals surface area contributed by atoms with Crippen LogP contribution in [0.2, 0.25) is 0 Å². The Hall–Kier alpha value is -1.40. The summed E-state index contributed by atoms with van der Waals surface area (Å²) < 4.78 is 5.45. The van der Waals surface area contributed by atoms with Gasteiger partial charge >= 0.3 is 5.97 Å². The van der Waals surface area contributed by atoms with Crippen molar-refractivity contribution in [1.29, 1.82) is 0 Å². The summed E-state index contributed by atoms with van der Waals surface area (Å²) in [5, 5.41) is 23.3. The number of carbonyl (C=O) groups is 2. The van der Waals surface area contributed by atoms with Gasteiger partial charge in [-0.15, -0.1) is 0 Å². The van der Waals surface area contributed by atoms with Gasteiger partial charge in [-0.25, -0.2) is 0 Å². The molecule has 0 rings (SSSR count). The van der Waals surface area contributed by atoms with Gasteiger partial charge in [-0.1, -0.05) is 264 Å². The lowest BCUT2D eigenvalue weighted by molar-refractivity contribution is -0.143. The highest BCUT2D eigenvalue weighted by atomic mass is 16.5. The van der Waals surface area contributed by atoms with E-state index in [1.54, 1.807) is 0 Å². The number of nitrogens with one attached hydrogen (secondary N) is 1. The van der Waals surface area contributed by atoms with Crippen molar-refractivity contribution in [3.8, 4) is 0 Å². The largest absolute Gasteiger partial charge is 0.466 e. The maximum absolute atomic E-state index is 12.5. The Balaban J connectivity index is 3.49. The van der Waals surface area contributed by atoms with E-state index in [9.17, 15) is 19.8 Å². The van der Waals surface area contributed by atoms with Gasteiger partial charge in [0.25, 0.3) is 0 Å². The monoisotopic (exact) mass is 890 g/mol. The molecule has 0 spiro atoms. The molecule has 0 heterocycles. The fraction of sp³-hybridized carbons (Fsp3) is 0.930. The molecule has 3 N–H and O–H groups in total. The first-order valence-electron chi connectivity index (χ1n) is 28.4. The lowest BCUT2D eigenvalue weighted by Crippen LogP contribution is -2.45. The van der Waals surface area contributed by atoms with E-state index in [1.807, 2.05) is 0 Å². The standard InChI is InChI=1S/C57H111NO5/c1-3-5-7-9-11-13-15-17-19-21-23-25-27-29-33-37-41-45-49-55(60)54(53-59)58-56(61)50-46-42-38-34-31-32-36-40-44-48-52-63-57(62)51-47-43-39-35-30-28-26-24-22-20-18-16-14-12-10-8-6-4-2/h32,36,54-55,59-60H,3-31,33-35,37-53H2,1-2H3,(H,58,61)/b36-32-. The zero-order valence-electron chi connectivity index (χ0n) is 42.6. The number of hydrogen-bond acceptors (Lipinski definition) is 5. The molecule has 0 aliphatic carbocycles. The molecular formula is C57H111NO5. The van der Waals surface area contributed by atoms with Crippen molar-refractivity contribution in [3.05, 3.63) is 12.2 Å². The van der Waals surface area contributed by atoms with E-state index in [1.165, 1.54) is 205 Å². The van der Waals surface area contributed by atoms with Crippen LogP contribution in [-0.2, 0) is 14.3 Å². The number of rotatable bonds is 53. The van der Waals surface area contributed by atoms with Gasteiger partial charge in [-0.2, -0.15) is 0 Å². The molecule has 0 fully saturated rings. The number of aliphatic hydroxyl groups excluding tert-OH is 2. The van der Waals surface area contributed by atoms with Gasteiger partial charge in [0.15, 0.2) is 0 Å². The fourth-order valence-electron chi connectivity index (χ4n) is 8.93. The summed E-state index contributed by atoms with van der Waals surface area (Å²) in [4.78, 5) is 24.5. The summed E-state index contributed by atoms with van der Waals surface area (Å²) in [6, 6.07) is -0.566. The van der Waals surface area contributed by atoms with Gasteiger partial charge in [0, 0.05) is 12.8 Å². The molecule has 0 aliphatic rings. The SMILES string of the molecule is CCCCCCCCCCCCCCCCCCCCC(=O)OCCCC/C=C\CCCCCCC(=O)NC(CO)C(O)CCCCCCCCCCCCCCCCCCCC. The summed E-state index contributed by atoms with van der Waals surface area (Å²) in [5.41, 5.74) is 0. The van der Waals surface area contributed by atoms with E-state index in [2.05, 4.69) is 31.3 Å². The molecule has 0 aromatic heterocycles. The van der Waals surface area contributed by atoms with Crippen molar-refractivity contribution < 1.29 is 24.5 Å². The summed E-state index contributed by atoms with van der Waals surface area (Å²) in [5.74, 6) is -0.0987. The van der Waals surface area contributed by atoms with E-state index >= 15 is 0 Å². The molecule has 0 aliphatic heterocycles. The van der Waals surface area contributed by atoms with E-state index in [0.29, 0.717) is 25.9 Å². The zero-order chi connectivity index (χ0) is 45.8. The Bertz CT molecular complexity index is 939. The van der Waals surface area contributed by atoms with Crippen LogP contribution in [0.5, 0.6) is 0 Å². The van der Waals surface area contributed by atoms with Crippen LogP contribution >= 0.6 is 0 Å². The number of carbonyl (C=O) groups excluding carboxylic acids is 2. The van der Waals surface area contributed by atoms with Crippen LogP contribution in [0.3, 0.4) is 0 Å². The van der Waals surface area contributed by atoms with Crippen molar-refractivity contribution in [1.82, 2.24) is 5.32 Å². The zero-order valence-corrected chi connectivity index (χ0v) is 42.6. The highest BCUT2D eigenvalue weighted by molar-refractivity contribution is 5.76. The minimum absolute atomic E-state index is 0.0311. The second-order valence-electron chi connectivity index (χ2n) is 19.6. The van der Waals surface area contributed by atoms with Gasteiger partial charge in [-0.3, -0.25) is 9.59 Å². The fourth-order valence-corrected chi connectivity index (χ4v) is 8.93. The van der Waals surface area contributed by atoms with Crippen molar-refractivity contribution in [2.24, 2.45) is 0 Å². The lowest BCUT2D eigenvalue weighted by atomic mass is 10.0. The van der Waals surface area contributed by atoms with Crippen LogP contribution in [0.15, 0.2) is 12.2 Å². The molecule has 2 unspecified atom stereocenters. The van der Waals surface area contributed by atoms with Gasteiger partial charge in [0.2, 0.25) is 5.91 Å². The predicted molar refractivity (Wildman–Crippen MR) is 273 cm³/mol. The average Bonchev–Trinajstić information content (AvgIpc) is 3.28. The van der Waals surface area contributed by atoms with Crippen molar-refractivity contribution in [2.45, 2.75) is 328 Å². The quantitative estimate of drug-likeness (QED) is 0.0321. The number of amides is 1. The second kappa shape index (κ2) is 53.2. The first kappa shape index (κ1) is 61.6. The van der Waals surface area contributed by atoms with Gasteiger partial charge < -0.3 is 20.3 Å². The van der Waals surface area contributed by atoms with Gasteiger partial charge in [0.1, 0.15) is 0 Å². The van der Waals surface area contributed by atoms with Crippen molar-refractivity contribution in [2.75, 3.05) is 13.2 Å². The van der Waals surface area contributed by atoms with Gasteiger partial charge in [0.05, 0.1) is 25.4 Å². The van der Waals surface area contributed by atoms with Crippen molar-refractivity contribution in [3.63, 3.8) is 0 Å². The first-order chi connectivity index (χ1) is 31.0. The van der Waals surface area contributed by atoms with E-state index in [-0.39, 0.29) is 18.5 Å². The summed E-state index contributed by atoms with van der Waals surface area (Å²) in [7, 11) is 0. The topological polar surface area (TPSA) is 95.9 Å². The molecule has 0 saturated carbocycles. The molecular weight excluding hydrogens is 779 g/mol. The van der Waals surface area contributed by atoms with E-state index in [4.69, 9.17) is 4.74 Å². The minimum atomic E-state index is -0.685. The molecule has 2 atom stereocenters. The van der Waals surface area contributed by atoms with Crippen LogP contribution in [0.1, 0.15) is 316 Å². The highest BCUT2D eigenvalue weighted by Gasteiger charge is 2.20. The van der Waals surface area contributed by atoms with Crippen LogP contribution in [0.4, 0.5) is 0 Å². The van der Waals surface area contributed by atoms with E-state index < -0.39 is 12.1 Å². The molecule has 63 heavy (non-hydrogen) atoms. The molecule has 6 nitrogen and oxygen atoms in total. The maximum atomic E-state index is 12.5. The Labute approximate surface area is 393 Å². The Kier molecular flexibility index (Phi) is 52.0. The number of hydrogen-bond donors (Lipinski definition) is 3. The third kappa shape index (κ3) is 49.9. The third-order valence-corrected chi connectivity index (χ3v) is 13.3. The Morgan fingerprint density at radius 1 is 0.429 bits per heavy atom.